The molecule has 0 fully saturated rings. The largest absolute Gasteiger partial charge is 0.248 e. The predicted molar refractivity (Wildman–Crippen MR) is 75.1 cm³/mol. The molecule has 1 heterocycles. The van der Waals surface area contributed by atoms with E-state index in [-0.39, 0.29) is 5.82 Å². The van der Waals surface area contributed by atoms with Crippen molar-refractivity contribution in [2.75, 3.05) is 0 Å². The van der Waals surface area contributed by atoms with Crippen LogP contribution in [0.3, 0.4) is 0 Å². The van der Waals surface area contributed by atoms with E-state index < -0.39 is 0 Å². The lowest BCUT2D eigenvalue weighted by Gasteiger charge is -2.05. The second kappa shape index (κ2) is 5.02. The minimum atomic E-state index is -0.246. The van der Waals surface area contributed by atoms with Crippen LogP contribution in [0.4, 0.5) is 4.39 Å². The number of hydrogen-bond donors (Lipinski definition) is 0. The highest BCUT2D eigenvalue weighted by Crippen LogP contribution is 2.22. The SMILES string of the molecule is Fc1cccc(-c2cccc(-c3ccccc3)n2)c1. The van der Waals surface area contributed by atoms with Crippen molar-refractivity contribution < 1.29 is 4.39 Å². The second-order valence-corrected chi connectivity index (χ2v) is 4.28. The Morgan fingerprint density at radius 3 is 2.00 bits per heavy atom. The van der Waals surface area contributed by atoms with Crippen molar-refractivity contribution in [1.82, 2.24) is 4.98 Å². The van der Waals surface area contributed by atoms with Gasteiger partial charge in [-0.3, -0.25) is 0 Å². The molecule has 3 rings (SSSR count). The van der Waals surface area contributed by atoms with Crippen LogP contribution in [-0.4, -0.2) is 4.98 Å². The summed E-state index contributed by atoms with van der Waals surface area (Å²) in [5.41, 5.74) is 3.52. The summed E-state index contributed by atoms with van der Waals surface area (Å²) in [5, 5.41) is 0. The van der Waals surface area contributed by atoms with Gasteiger partial charge in [0, 0.05) is 11.1 Å². The number of nitrogens with zero attached hydrogens (tertiary/aromatic N) is 1. The maximum Gasteiger partial charge on any atom is 0.123 e. The van der Waals surface area contributed by atoms with Crippen molar-refractivity contribution in [2.45, 2.75) is 0 Å². The molecule has 2 heteroatoms. The fourth-order valence-corrected chi connectivity index (χ4v) is 2.01. The molecule has 0 saturated heterocycles. The van der Waals surface area contributed by atoms with Gasteiger partial charge in [0.1, 0.15) is 5.82 Å². The van der Waals surface area contributed by atoms with Gasteiger partial charge in [-0.2, -0.15) is 0 Å². The van der Waals surface area contributed by atoms with E-state index in [1.807, 2.05) is 54.6 Å². The minimum absolute atomic E-state index is 0.246. The molecule has 0 amide bonds. The van der Waals surface area contributed by atoms with Crippen LogP contribution in [0.25, 0.3) is 22.5 Å². The van der Waals surface area contributed by atoms with Gasteiger partial charge in [0.2, 0.25) is 0 Å². The third-order valence-corrected chi connectivity index (χ3v) is 2.94. The average molecular weight is 249 g/mol. The lowest BCUT2D eigenvalue weighted by atomic mass is 10.1. The van der Waals surface area contributed by atoms with Crippen molar-refractivity contribution >= 4 is 0 Å². The third kappa shape index (κ3) is 2.52. The first-order chi connectivity index (χ1) is 9.33. The van der Waals surface area contributed by atoms with Crippen molar-refractivity contribution in [2.24, 2.45) is 0 Å². The van der Waals surface area contributed by atoms with Gasteiger partial charge in [-0.25, -0.2) is 9.37 Å². The van der Waals surface area contributed by atoms with Crippen LogP contribution in [0.15, 0.2) is 72.8 Å². The molecule has 92 valence electrons. The van der Waals surface area contributed by atoms with Gasteiger partial charge in [0.25, 0.3) is 0 Å². The summed E-state index contributed by atoms with van der Waals surface area (Å²) in [4.78, 5) is 4.59. The Kier molecular flexibility index (Phi) is 3.07. The van der Waals surface area contributed by atoms with Crippen LogP contribution in [0.1, 0.15) is 0 Å². The van der Waals surface area contributed by atoms with Gasteiger partial charge in [-0.1, -0.05) is 48.5 Å². The zero-order chi connectivity index (χ0) is 13.1. The molecular formula is C17H12FN. The van der Waals surface area contributed by atoms with Gasteiger partial charge in [0.15, 0.2) is 0 Å². The standard InChI is InChI=1S/C17H12FN/c18-15-9-4-8-14(12-15)17-11-5-10-16(19-17)13-6-2-1-3-7-13/h1-12H. The molecule has 0 unspecified atom stereocenters. The summed E-state index contributed by atoms with van der Waals surface area (Å²) in [5.74, 6) is -0.246. The maximum atomic E-state index is 13.2. The summed E-state index contributed by atoms with van der Waals surface area (Å²) >= 11 is 0. The van der Waals surface area contributed by atoms with E-state index in [1.54, 1.807) is 6.07 Å². The second-order valence-electron chi connectivity index (χ2n) is 4.28. The Bertz CT molecular complexity index is 692. The van der Waals surface area contributed by atoms with Crippen LogP contribution in [0.2, 0.25) is 0 Å². The molecule has 1 aromatic heterocycles. The van der Waals surface area contributed by atoms with E-state index in [0.717, 1.165) is 22.5 Å². The maximum absolute atomic E-state index is 13.2. The van der Waals surface area contributed by atoms with Crippen LogP contribution < -0.4 is 0 Å². The van der Waals surface area contributed by atoms with Crippen molar-refractivity contribution in [3.8, 4) is 22.5 Å². The molecule has 19 heavy (non-hydrogen) atoms. The van der Waals surface area contributed by atoms with E-state index in [9.17, 15) is 4.39 Å². The highest BCUT2D eigenvalue weighted by atomic mass is 19.1. The molecule has 3 aromatic rings. The summed E-state index contributed by atoms with van der Waals surface area (Å²) in [7, 11) is 0. The fourth-order valence-electron chi connectivity index (χ4n) is 2.01. The number of rotatable bonds is 2. The molecule has 1 nitrogen and oxygen atoms in total. The van der Waals surface area contributed by atoms with Crippen LogP contribution in [0, 0.1) is 5.82 Å². The highest BCUT2D eigenvalue weighted by Gasteiger charge is 2.03. The van der Waals surface area contributed by atoms with Crippen molar-refractivity contribution in [3.63, 3.8) is 0 Å². The van der Waals surface area contributed by atoms with E-state index in [4.69, 9.17) is 0 Å². The lowest BCUT2D eigenvalue weighted by molar-refractivity contribution is 0.628. The first-order valence-corrected chi connectivity index (χ1v) is 6.11. The van der Waals surface area contributed by atoms with Crippen LogP contribution in [-0.2, 0) is 0 Å². The first kappa shape index (κ1) is 11.6. The molecule has 0 spiro atoms. The highest BCUT2D eigenvalue weighted by molar-refractivity contribution is 5.65. The molecule has 0 radical (unpaired) electrons. The van der Waals surface area contributed by atoms with Crippen LogP contribution in [0.5, 0.6) is 0 Å². The Morgan fingerprint density at radius 2 is 1.26 bits per heavy atom. The van der Waals surface area contributed by atoms with Gasteiger partial charge in [0.05, 0.1) is 11.4 Å². The number of hydrogen-bond acceptors (Lipinski definition) is 1. The first-order valence-electron chi connectivity index (χ1n) is 6.11. The Hall–Kier alpha value is -2.48. The summed E-state index contributed by atoms with van der Waals surface area (Å²) < 4.78 is 13.2. The average Bonchev–Trinajstić information content (AvgIpc) is 2.48. The monoisotopic (exact) mass is 249 g/mol. The Balaban J connectivity index is 2.06. The lowest BCUT2D eigenvalue weighted by Crippen LogP contribution is -1.88. The van der Waals surface area contributed by atoms with Crippen molar-refractivity contribution in [1.29, 1.82) is 0 Å². The third-order valence-electron chi connectivity index (χ3n) is 2.94. The zero-order valence-corrected chi connectivity index (χ0v) is 10.3. The molecule has 0 aliphatic rings. The molecule has 0 bridgehead atoms. The number of halogens is 1. The molecular weight excluding hydrogens is 237 g/mol. The van der Waals surface area contributed by atoms with Crippen LogP contribution >= 0.6 is 0 Å². The van der Waals surface area contributed by atoms with Crippen molar-refractivity contribution in [3.05, 3.63) is 78.6 Å². The predicted octanol–water partition coefficient (Wildman–Crippen LogP) is 4.55. The molecule has 0 atom stereocenters. The number of aromatic nitrogens is 1. The minimum Gasteiger partial charge on any atom is -0.248 e. The summed E-state index contributed by atoms with van der Waals surface area (Å²) in [6, 6.07) is 22.2. The normalized spacial score (nSPS) is 10.4. The number of benzene rings is 2. The van der Waals surface area contributed by atoms with Gasteiger partial charge < -0.3 is 0 Å². The smallest absolute Gasteiger partial charge is 0.123 e. The molecule has 2 aromatic carbocycles. The fraction of sp³-hybridized carbons (Fsp3) is 0. The number of pyridine rings is 1. The molecule has 0 aliphatic carbocycles. The van der Waals surface area contributed by atoms with E-state index >= 15 is 0 Å². The quantitative estimate of drug-likeness (QED) is 0.649. The van der Waals surface area contributed by atoms with Gasteiger partial charge in [-0.05, 0) is 24.3 Å². The zero-order valence-electron chi connectivity index (χ0n) is 10.3. The molecule has 0 saturated carbocycles. The Morgan fingerprint density at radius 1 is 0.632 bits per heavy atom. The molecule has 0 N–H and O–H groups in total. The van der Waals surface area contributed by atoms with E-state index in [2.05, 4.69) is 4.98 Å². The van der Waals surface area contributed by atoms with Gasteiger partial charge >= 0.3 is 0 Å². The van der Waals surface area contributed by atoms with Gasteiger partial charge in [-0.15, -0.1) is 0 Å². The topological polar surface area (TPSA) is 12.9 Å². The Labute approximate surface area is 111 Å². The summed E-state index contributed by atoms with van der Waals surface area (Å²) in [6.07, 6.45) is 0. The molecule has 0 aliphatic heterocycles. The summed E-state index contributed by atoms with van der Waals surface area (Å²) in [6.45, 7) is 0. The van der Waals surface area contributed by atoms with E-state index in [0.29, 0.717) is 0 Å². The van der Waals surface area contributed by atoms with E-state index in [1.165, 1.54) is 12.1 Å².